The monoisotopic (exact) mass is 542 g/mol. The minimum absolute atomic E-state index is 0.0307. The van der Waals surface area contributed by atoms with Gasteiger partial charge < -0.3 is 24.8 Å². The Bertz CT molecular complexity index is 1270. The second-order valence-electron chi connectivity index (χ2n) is 8.61. The van der Waals surface area contributed by atoms with Crippen LogP contribution in [0, 0.1) is 0 Å². The highest BCUT2D eigenvalue weighted by Gasteiger charge is 2.47. The van der Waals surface area contributed by atoms with E-state index in [1.807, 2.05) is 48.5 Å². The molecule has 0 spiro atoms. The van der Waals surface area contributed by atoms with Crippen LogP contribution in [0.15, 0.2) is 78.9 Å². The molecule has 0 heterocycles. The molecule has 0 bridgehead atoms. The Morgan fingerprint density at radius 3 is 2.00 bits per heavy atom. The van der Waals surface area contributed by atoms with Crippen LogP contribution in [-0.2, 0) is 30.4 Å². The molecule has 1 aliphatic carbocycles. The lowest BCUT2D eigenvalue weighted by atomic mass is 9.98. The molecule has 1 aliphatic rings. The summed E-state index contributed by atoms with van der Waals surface area (Å²) in [6.07, 6.45) is -8.82. The molecule has 11 heteroatoms. The number of hydrogen-bond acceptors (Lipinski definition) is 6. The maximum atomic E-state index is 13.3. The maximum absolute atomic E-state index is 13.3. The minimum atomic E-state index is -5.06. The van der Waals surface area contributed by atoms with Crippen molar-refractivity contribution in [2.24, 2.45) is 0 Å². The van der Waals surface area contributed by atoms with Crippen molar-refractivity contribution in [1.82, 2.24) is 10.6 Å². The van der Waals surface area contributed by atoms with Gasteiger partial charge in [0.05, 0.1) is 0 Å². The molecular weight excluding hydrogens is 517 g/mol. The third-order valence-corrected chi connectivity index (χ3v) is 5.99. The number of amides is 2. The highest BCUT2D eigenvalue weighted by Crippen LogP contribution is 2.44. The highest BCUT2D eigenvalue weighted by atomic mass is 19.4. The molecule has 3 aromatic carbocycles. The summed E-state index contributed by atoms with van der Waals surface area (Å²) >= 11 is 0. The van der Waals surface area contributed by atoms with E-state index in [0.717, 1.165) is 22.3 Å². The number of ether oxygens (including phenoxy) is 3. The van der Waals surface area contributed by atoms with Crippen molar-refractivity contribution in [2.45, 2.75) is 24.8 Å². The van der Waals surface area contributed by atoms with Gasteiger partial charge in [0.25, 0.3) is 6.10 Å². The van der Waals surface area contributed by atoms with Gasteiger partial charge in [-0.1, -0.05) is 78.9 Å². The Kier molecular flexibility index (Phi) is 8.82. The van der Waals surface area contributed by atoms with Crippen LogP contribution >= 0.6 is 0 Å². The molecule has 4 rings (SSSR count). The first kappa shape index (κ1) is 27.6. The lowest BCUT2D eigenvalue weighted by Gasteiger charge is -2.19. The molecule has 0 saturated carbocycles. The van der Waals surface area contributed by atoms with Crippen molar-refractivity contribution in [3.05, 3.63) is 95.6 Å². The fraction of sp³-hybridized carbons (Fsp3) is 0.250. The summed E-state index contributed by atoms with van der Waals surface area (Å²) in [6, 6.07) is 23.7. The van der Waals surface area contributed by atoms with Crippen LogP contribution in [0.1, 0.15) is 22.6 Å². The Morgan fingerprint density at radius 1 is 0.795 bits per heavy atom. The van der Waals surface area contributed by atoms with Gasteiger partial charge in [-0.2, -0.15) is 13.2 Å². The molecule has 1 atom stereocenters. The van der Waals surface area contributed by atoms with Gasteiger partial charge in [0, 0.05) is 5.92 Å². The zero-order valence-corrected chi connectivity index (χ0v) is 20.6. The number of benzene rings is 3. The predicted molar refractivity (Wildman–Crippen MR) is 133 cm³/mol. The Labute approximate surface area is 222 Å². The van der Waals surface area contributed by atoms with Gasteiger partial charge in [0.2, 0.25) is 5.91 Å². The van der Waals surface area contributed by atoms with Gasteiger partial charge >= 0.3 is 18.2 Å². The summed E-state index contributed by atoms with van der Waals surface area (Å²) in [5.41, 5.74) is 4.65. The second-order valence-corrected chi connectivity index (χ2v) is 8.61. The number of esters is 1. The van der Waals surface area contributed by atoms with E-state index in [0.29, 0.717) is 5.56 Å². The lowest BCUT2D eigenvalue weighted by Crippen LogP contribution is -2.44. The molecule has 204 valence electrons. The van der Waals surface area contributed by atoms with Crippen LogP contribution in [0.4, 0.5) is 18.0 Å². The number of carbonyl (C=O) groups is 3. The third kappa shape index (κ3) is 7.14. The molecule has 0 aromatic heterocycles. The SMILES string of the molecule is O=C(CNC(=O)OCC1c2ccccc2-c2ccccc21)NCOC(C(=O)OCc1ccccc1)C(F)(F)F. The van der Waals surface area contributed by atoms with Gasteiger partial charge in [-0.3, -0.25) is 4.79 Å². The quantitative estimate of drug-likeness (QED) is 0.293. The first-order chi connectivity index (χ1) is 18.7. The topological polar surface area (TPSA) is 103 Å². The zero-order chi connectivity index (χ0) is 27.8. The van der Waals surface area contributed by atoms with E-state index in [1.165, 1.54) is 0 Å². The van der Waals surface area contributed by atoms with Crippen molar-refractivity contribution in [3.8, 4) is 11.1 Å². The normalized spacial score (nSPS) is 13.1. The molecule has 0 saturated heterocycles. The van der Waals surface area contributed by atoms with Gasteiger partial charge in [-0.05, 0) is 27.8 Å². The molecule has 39 heavy (non-hydrogen) atoms. The molecule has 2 amide bonds. The van der Waals surface area contributed by atoms with E-state index in [4.69, 9.17) is 9.47 Å². The van der Waals surface area contributed by atoms with E-state index in [9.17, 15) is 27.6 Å². The summed E-state index contributed by atoms with van der Waals surface area (Å²) < 4.78 is 54.3. The van der Waals surface area contributed by atoms with E-state index >= 15 is 0 Å². The molecule has 1 unspecified atom stereocenters. The van der Waals surface area contributed by atoms with Gasteiger partial charge in [0.15, 0.2) is 0 Å². The van der Waals surface area contributed by atoms with Crippen LogP contribution in [0.25, 0.3) is 11.1 Å². The van der Waals surface area contributed by atoms with Crippen molar-refractivity contribution in [2.75, 3.05) is 19.9 Å². The smallest absolute Gasteiger partial charge is 0.425 e. The third-order valence-electron chi connectivity index (χ3n) is 5.99. The summed E-state index contributed by atoms with van der Waals surface area (Å²) in [7, 11) is 0. The lowest BCUT2D eigenvalue weighted by molar-refractivity contribution is -0.232. The Morgan fingerprint density at radius 2 is 1.38 bits per heavy atom. The van der Waals surface area contributed by atoms with Gasteiger partial charge in [-0.15, -0.1) is 0 Å². The van der Waals surface area contributed by atoms with Gasteiger partial charge in [-0.25, -0.2) is 9.59 Å². The van der Waals surface area contributed by atoms with E-state index in [2.05, 4.69) is 15.4 Å². The van der Waals surface area contributed by atoms with Crippen LogP contribution in [-0.4, -0.2) is 50.1 Å². The van der Waals surface area contributed by atoms with Crippen molar-refractivity contribution in [3.63, 3.8) is 0 Å². The van der Waals surface area contributed by atoms with Gasteiger partial charge in [0.1, 0.15) is 26.5 Å². The molecule has 8 nitrogen and oxygen atoms in total. The van der Waals surface area contributed by atoms with Crippen LogP contribution < -0.4 is 10.6 Å². The molecule has 0 fully saturated rings. The van der Waals surface area contributed by atoms with Crippen molar-refractivity contribution < 1.29 is 41.8 Å². The summed E-state index contributed by atoms with van der Waals surface area (Å²) in [6.45, 7) is -1.85. The number of alkyl carbamates (subject to hydrolysis) is 1. The summed E-state index contributed by atoms with van der Waals surface area (Å²) in [4.78, 5) is 36.1. The molecule has 0 aliphatic heterocycles. The van der Waals surface area contributed by atoms with Crippen LogP contribution in [0.3, 0.4) is 0 Å². The maximum Gasteiger partial charge on any atom is 0.425 e. The van der Waals surface area contributed by atoms with E-state index in [1.54, 1.807) is 30.3 Å². The van der Waals surface area contributed by atoms with Crippen LogP contribution in [0.2, 0.25) is 0 Å². The second kappa shape index (κ2) is 12.4. The summed E-state index contributed by atoms with van der Waals surface area (Å²) in [5, 5.41) is 4.29. The summed E-state index contributed by atoms with van der Waals surface area (Å²) in [5.74, 6) is -2.66. The number of nitrogens with one attached hydrogen (secondary N) is 2. The number of halogens is 3. The van der Waals surface area contributed by atoms with E-state index < -0.39 is 43.5 Å². The number of alkyl halides is 3. The minimum Gasteiger partial charge on any atom is -0.459 e. The molecular formula is C28H25F3N2O6. The predicted octanol–water partition coefficient (Wildman–Crippen LogP) is 4.29. The average Bonchev–Trinajstić information content (AvgIpc) is 3.25. The first-order valence-corrected chi connectivity index (χ1v) is 12.0. The Balaban J connectivity index is 1.20. The largest absolute Gasteiger partial charge is 0.459 e. The van der Waals surface area contributed by atoms with Crippen LogP contribution in [0.5, 0.6) is 0 Å². The fourth-order valence-corrected chi connectivity index (χ4v) is 4.17. The Hall–Kier alpha value is -4.38. The zero-order valence-electron chi connectivity index (χ0n) is 20.6. The average molecular weight is 543 g/mol. The highest BCUT2D eigenvalue weighted by molar-refractivity contribution is 5.82. The van der Waals surface area contributed by atoms with Crippen molar-refractivity contribution >= 4 is 18.0 Å². The fourth-order valence-electron chi connectivity index (χ4n) is 4.17. The molecule has 2 N–H and O–H groups in total. The standard InChI is InChI=1S/C28H25F3N2O6/c29-28(30,31)25(26(35)37-15-18-8-2-1-3-9-18)39-17-33-24(34)14-32-27(36)38-16-23-21-12-6-4-10-19(21)20-11-5-7-13-22(20)23/h1-13,23,25H,14-17H2,(H,32,36)(H,33,34). The number of fused-ring (bicyclic) bond motifs is 3. The molecule has 3 aromatic rings. The first-order valence-electron chi connectivity index (χ1n) is 12.0. The number of rotatable bonds is 10. The number of carbonyl (C=O) groups excluding carboxylic acids is 3. The molecule has 0 radical (unpaired) electrons. The van der Waals surface area contributed by atoms with Crippen molar-refractivity contribution in [1.29, 1.82) is 0 Å². The number of hydrogen-bond donors (Lipinski definition) is 2. The van der Waals surface area contributed by atoms with E-state index in [-0.39, 0.29) is 19.1 Å².